The number of nitrogens with zero attached hydrogens (tertiary/aromatic N) is 4. The van der Waals surface area contributed by atoms with Gasteiger partial charge < -0.3 is 18.9 Å². The Balaban J connectivity index is 1.26. The van der Waals surface area contributed by atoms with E-state index >= 15 is 0 Å². The number of aromatic amines is 2. The van der Waals surface area contributed by atoms with Gasteiger partial charge in [-0.05, 0) is 98.2 Å². The molecule has 258 valence electrons. The van der Waals surface area contributed by atoms with Crippen LogP contribution in [-0.4, -0.2) is 74.1 Å². The van der Waals surface area contributed by atoms with E-state index in [-0.39, 0.29) is 0 Å². The zero-order valence-corrected chi connectivity index (χ0v) is 28.7. The lowest BCUT2D eigenvalue weighted by molar-refractivity contribution is 0.0649. The van der Waals surface area contributed by atoms with E-state index in [1.54, 1.807) is 14.2 Å². The highest BCUT2D eigenvalue weighted by Gasteiger charge is 2.30. The molecule has 0 atom stereocenters. The summed E-state index contributed by atoms with van der Waals surface area (Å²) in [7, 11) is 3.38. The number of hydrogen-bond donors (Lipinski definition) is 2. The lowest BCUT2D eigenvalue weighted by Gasteiger charge is -2.43. The first-order valence-corrected chi connectivity index (χ1v) is 17.6. The molecule has 50 heavy (non-hydrogen) atoms. The van der Waals surface area contributed by atoms with Gasteiger partial charge in [0.2, 0.25) is 0 Å². The number of hydrogen-bond acceptors (Lipinski definition) is 8. The molecule has 10 nitrogen and oxygen atoms in total. The van der Waals surface area contributed by atoms with Gasteiger partial charge in [-0.25, -0.2) is 0 Å². The van der Waals surface area contributed by atoms with Crippen molar-refractivity contribution in [3.63, 3.8) is 0 Å². The molecule has 6 aromatic rings. The first kappa shape index (κ1) is 32.2. The Labute approximate surface area is 292 Å². The maximum atomic E-state index is 5.82. The quantitative estimate of drug-likeness (QED) is 0.134. The fourth-order valence-electron chi connectivity index (χ4n) is 7.42. The third-order valence-electron chi connectivity index (χ3n) is 10.3. The van der Waals surface area contributed by atoms with Gasteiger partial charge in [-0.1, -0.05) is 24.3 Å². The number of H-pyrrole nitrogens is 2. The molecule has 8 rings (SSSR count). The summed E-state index contributed by atoms with van der Waals surface area (Å²) in [5, 5.41) is 23.9. The summed E-state index contributed by atoms with van der Waals surface area (Å²) in [6.07, 6.45) is 4.09. The number of nitrogens with one attached hydrogen (secondary N) is 2. The van der Waals surface area contributed by atoms with Crippen LogP contribution in [0, 0.1) is 11.8 Å². The van der Waals surface area contributed by atoms with Gasteiger partial charge in [-0.3, -0.25) is 20.2 Å². The first-order chi connectivity index (χ1) is 24.7. The van der Waals surface area contributed by atoms with Crippen LogP contribution in [0.4, 0.5) is 11.4 Å². The lowest BCUT2D eigenvalue weighted by Crippen LogP contribution is -2.49. The van der Waals surface area contributed by atoms with Crippen molar-refractivity contribution >= 4 is 33.2 Å². The molecule has 2 aliphatic heterocycles. The minimum absolute atomic E-state index is 0.469. The van der Waals surface area contributed by atoms with Gasteiger partial charge >= 0.3 is 0 Å². The summed E-state index contributed by atoms with van der Waals surface area (Å²) in [4.78, 5) is 0. The predicted molar refractivity (Wildman–Crippen MR) is 198 cm³/mol. The Morgan fingerprint density at radius 2 is 0.980 bits per heavy atom. The van der Waals surface area contributed by atoms with Crippen molar-refractivity contribution in [2.24, 2.45) is 11.8 Å². The number of benzene rings is 4. The average molecular weight is 673 g/mol. The second kappa shape index (κ2) is 14.4. The van der Waals surface area contributed by atoms with E-state index in [9.17, 15) is 0 Å². The Morgan fingerprint density at radius 1 is 0.580 bits per heavy atom. The summed E-state index contributed by atoms with van der Waals surface area (Å²) < 4.78 is 22.5. The number of methoxy groups -OCH3 is 2. The molecule has 0 spiro atoms. The molecule has 4 aromatic carbocycles. The van der Waals surface area contributed by atoms with E-state index in [1.165, 1.54) is 0 Å². The van der Waals surface area contributed by atoms with Gasteiger partial charge in [0.05, 0.1) is 48.0 Å². The largest absolute Gasteiger partial charge is 0.497 e. The number of aromatic nitrogens is 4. The summed E-state index contributed by atoms with van der Waals surface area (Å²) in [6.45, 7) is 4.84. The Bertz CT molecular complexity index is 1880. The normalized spacial score (nSPS) is 15.8. The fraction of sp³-hybridized carbons (Fsp3) is 0.350. The highest BCUT2D eigenvalue weighted by Crippen LogP contribution is 2.39. The Hall–Kier alpha value is -5.06. The van der Waals surface area contributed by atoms with Crippen LogP contribution >= 0.6 is 0 Å². The van der Waals surface area contributed by atoms with Crippen molar-refractivity contribution in [1.82, 2.24) is 20.4 Å². The van der Waals surface area contributed by atoms with E-state index in [0.29, 0.717) is 11.8 Å². The van der Waals surface area contributed by atoms with Crippen molar-refractivity contribution in [2.75, 3.05) is 63.8 Å². The lowest BCUT2D eigenvalue weighted by atomic mass is 9.98. The summed E-state index contributed by atoms with van der Waals surface area (Å²) in [6, 6.07) is 29.3. The molecule has 2 N–H and O–H groups in total. The third kappa shape index (κ3) is 6.36. The van der Waals surface area contributed by atoms with Gasteiger partial charge in [0, 0.05) is 61.4 Å². The molecule has 10 heteroatoms. The van der Waals surface area contributed by atoms with Gasteiger partial charge in [0.1, 0.15) is 11.5 Å². The maximum absolute atomic E-state index is 5.82. The van der Waals surface area contributed by atoms with Crippen LogP contribution in [0.25, 0.3) is 44.3 Å². The maximum Gasteiger partial charge on any atom is 0.118 e. The van der Waals surface area contributed by atoms with Crippen molar-refractivity contribution in [2.45, 2.75) is 25.7 Å². The van der Waals surface area contributed by atoms with Crippen LogP contribution in [0.15, 0.2) is 84.9 Å². The van der Waals surface area contributed by atoms with E-state index < -0.39 is 0 Å². The summed E-state index contributed by atoms with van der Waals surface area (Å²) >= 11 is 0. The number of hydrazine groups is 1. The van der Waals surface area contributed by atoms with E-state index in [0.717, 1.165) is 132 Å². The van der Waals surface area contributed by atoms with Crippen LogP contribution < -0.4 is 19.5 Å². The Kier molecular flexibility index (Phi) is 9.28. The van der Waals surface area contributed by atoms with Crippen LogP contribution in [0.3, 0.4) is 0 Å². The smallest absolute Gasteiger partial charge is 0.118 e. The van der Waals surface area contributed by atoms with E-state index in [1.807, 2.05) is 24.3 Å². The number of ether oxygens (including phenoxy) is 4. The number of anilines is 2. The van der Waals surface area contributed by atoms with Gasteiger partial charge in [0.25, 0.3) is 0 Å². The van der Waals surface area contributed by atoms with Crippen LogP contribution in [0.1, 0.15) is 25.7 Å². The molecular formula is C40H44N6O4. The predicted octanol–water partition coefficient (Wildman–Crippen LogP) is 7.87. The highest BCUT2D eigenvalue weighted by atomic mass is 16.5. The fourth-order valence-corrected chi connectivity index (χ4v) is 7.42. The topological polar surface area (TPSA) is 101 Å². The minimum atomic E-state index is 0.469. The standard InChI is InChI=1S/C40H44N6O4/c1-47-31-13-9-29(10-14-31)37-33-5-3-7-35(39(33)43-41-37)45(25-27-17-21-49-22-18-27)46(26-28-19-23-50-24-20-28)36-8-4-6-34-38(42-44-40(34)36)30-11-15-32(48-2)16-12-30/h3-16,27-28H,17-26H2,1-2H3,(H,41,43)(H,42,44). The summed E-state index contributed by atoms with van der Waals surface area (Å²) in [5.41, 5.74) is 8.14. The van der Waals surface area contributed by atoms with Gasteiger partial charge in [-0.15, -0.1) is 0 Å². The second-order valence-electron chi connectivity index (χ2n) is 13.3. The van der Waals surface area contributed by atoms with Crippen LogP contribution in [0.5, 0.6) is 11.5 Å². The molecule has 2 fully saturated rings. The SMILES string of the molecule is COc1ccc(-c2n[nH]c3c(N(CC4CCOCC4)N(CC4CCOCC4)c4cccc5c(-c6ccc(OC)cc6)n[nH]c45)cccc23)cc1. The molecule has 0 unspecified atom stereocenters. The second-order valence-corrected chi connectivity index (χ2v) is 13.3. The molecule has 2 saturated heterocycles. The van der Waals surface area contributed by atoms with E-state index in [4.69, 9.17) is 29.1 Å². The first-order valence-electron chi connectivity index (χ1n) is 17.6. The third-order valence-corrected chi connectivity index (χ3v) is 10.3. The molecule has 0 radical (unpaired) electrons. The van der Waals surface area contributed by atoms with Crippen molar-refractivity contribution in [3.8, 4) is 34.0 Å². The monoisotopic (exact) mass is 672 g/mol. The molecule has 0 amide bonds. The molecule has 0 bridgehead atoms. The number of para-hydroxylation sites is 2. The average Bonchev–Trinajstić information content (AvgIpc) is 3.82. The molecular weight excluding hydrogens is 628 g/mol. The molecule has 2 aliphatic rings. The molecule has 4 heterocycles. The highest BCUT2D eigenvalue weighted by molar-refractivity contribution is 6.02. The van der Waals surface area contributed by atoms with Crippen molar-refractivity contribution in [1.29, 1.82) is 0 Å². The van der Waals surface area contributed by atoms with Gasteiger partial charge in [0.15, 0.2) is 0 Å². The number of fused-ring (bicyclic) bond motifs is 2. The molecule has 0 aliphatic carbocycles. The molecule has 2 aromatic heterocycles. The van der Waals surface area contributed by atoms with Crippen LogP contribution in [0.2, 0.25) is 0 Å². The minimum Gasteiger partial charge on any atom is -0.497 e. The van der Waals surface area contributed by atoms with Crippen LogP contribution in [-0.2, 0) is 9.47 Å². The zero-order valence-electron chi connectivity index (χ0n) is 28.7. The Morgan fingerprint density at radius 3 is 1.36 bits per heavy atom. The van der Waals surface area contributed by atoms with Crippen molar-refractivity contribution in [3.05, 3.63) is 84.9 Å². The van der Waals surface area contributed by atoms with E-state index in [2.05, 4.69) is 80.9 Å². The van der Waals surface area contributed by atoms with Crippen molar-refractivity contribution < 1.29 is 18.9 Å². The van der Waals surface area contributed by atoms with Gasteiger partial charge in [-0.2, -0.15) is 10.2 Å². The summed E-state index contributed by atoms with van der Waals surface area (Å²) in [5.74, 6) is 2.58. The number of rotatable bonds is 11. The zero-order chi connectivity index (χ0) is 33.9. The molecule has 0 saturated carbocycles.